The fraction of sp³-hybridized carbons (Fsp3) is 0.625. The molecule has 0 radical (unpaired) electrons. The standard InChI is InChI=1S/C16H27N3O2/c1-7-18(11-16(21)17(5)6)10-15(20)14-9-12(3)19(8-2)13(14)4/h9H,7-8,10-11H2,1-6H3. The van der Waals surface area contributed by atoms with Crippen LogP contribution in [0.4, 0.5) is 0 Å². The zero-order valence-corrected chi connectivity index (χ0v) is 14.1. The minimum Gasteiger partial charge on any atom is -0.349 e. The Morgan fingerprint density at radius 3 is 2.19 bits per heavy atom. The minimum atomic E-state index is 0.0173. The molecule has 21 heavy (non-hydrogen) atoms. The Morgan fingerprint density at radius 2 is 1.76 bits per heavy atom. The molecule has 1 amide bonds. The molecule has 118 valence electrons. The van der Waals surface area contributed by atoms with Crippen LogP contribution in [-0.2, 0) is 11.3 Å². The van der Waals surface area contributed by atoms with Crippen molar-refractivity contribution in [3.8, 4) is 0 Å². The first-order valence-electron chi connectivity index (χ1n) is 7.44. The largest absolute Gasteiger partial charge is 0.349 e. The zero-order chi connectivity index (χ0) is 16.2. The first kappa shape index (κ1) is 17.4. The Kier molecular flexibility index (Phi) is 6.15. The number of carbonyl (C=O) groups excluding carboxylic acids is 2. The molecule has 0 N–H and O–H groups in total. The molecule has 0 saturated heterocycles. The van der Waals surface area contributed by atoms with E-state index in [1.807, 2.05) is 31.7 Å². The Labute approximate surface area is 127 Å². The lowest BCUT2D eigenvalue weighted by Gasteiger charge is -2.21. The zero-order valence-electron chi connectivity index (χ0n) is 14.1. The molecule has 0 aliphatic carbocycles. The summed E-state index contributed by atoms with van der Waals surface area (Å²) < 4.78 is 2.13. The van der Waals surface area contributed by atoms with Crippen molar-refractivity contribution < 1.29 is 9.59 Å². The maximum Gasteiger partial charge on any atom is 0.236 e. The number of amides is 1. The van der Waals surface area contributed by atoms with Crippen LogP contribution in [-0.4, -0.2) is 59.8 Å². The van der Waals surface area contributed by atoms with Crippen LogP contribution in [0.3, 0.4) is 0 Å². The molecule has 1 rings (SSSR count). The van der Waals surface area contributed by atoms with E-state index < -0.39 is 0 Å². The molecular weight excluding hydrogens is 266 g/mol. The Hall–Kier alpha value is -1.62. The fourth-order valence-electron chi connectivity index (χ4n) is 2.47. The topological polar surface area (TPSA) is 45.6 Å². The SMILES string of the molecule is CCN(CC(=O)c1cc(C)n(CC)c1C)CC(=O)N(C)C. The molecule has 0 bridgehead atoms. The van der Waals surface area contributed by atoms with Crippen molar-refractivity contribution >= 4 is 11.7 Å². The van der Waals surface area contributed by atoms with Gasteiger partial charge in [0.1, 0.15) is 0 Å². The molecule has 0 aromatic carbocycles. The number of hydrogen-bond acceptors (Lipinski definition) is 3. The number of Topliss-reactive ketones (excluding diaryl/α,β-unsaturated/α-hetero) is 1. The fourth-order valence-corrected chi connectivity index (χ4v) is 2.47. The summed E-state index contributed by atoms with van der Waals surface area (Å²) in [5.74, 6) is 0.0971. The van der Waals surface area contributed by atoms with Gasteiger partial charge < -0.3 is 9.47 Å². The second-order valence-corrected chi connectivity index (χ2v) is 5.54. The summed E-state index contributed by atoms with van der Waals surface area (Å²) in [4.78, 5) is 27.7. The van der Waals surface area contributed by atoms with E-state index >= 15 is 0 Å². The molecule has 0 saturated carbocycles. The lowest BCUT2D eigenvalue weighted by Crippen LogP contribution is -2.39. The molecule has 1 heterocycles. The number of ketones is 1. The van der Waals surface area contributed by atoms with Crippen molar-refractivity contribution in [3.05, 3.63) is 23.0 Å². The first-order chi connectivity index (χ1) is 9.81. The number of aromatic nitrogens is 1. The van der Waals surface area contributed by atoms with Crippen molar-refractivity contribution in [1.29, 1.82) is 0 Å². The number of aryl methyl sites for hydroxylation is 1. The van der Waals surface area contributed by atoms with Crippen LogP contribution in [0.2, 0.25) is 0 Å². The second kappa shape index (κ2) is 7.41. The molecule has 5 heteroatoms. The molecule has 1 aromatic rings. The number of likely N-dealkylation sites (N-methyl/N-ethyl adjacent to an activating group) is 2. The van der Waals surface area contributed by atoms with Crippen LogP contribution < -0.4 is 0 Å². The summed E-state index contributed by atoms with van der Waals surface area (Å²) in [5.41, 5.74) is 2.88. The van der Waals surface area contributed by atoms with Crippen LogP contribution in [0.25, 0.3) is 0 Å². The minimum absolute atomic E-state index is 0.0173. The van der Waals surface area contributed by atoms with Crippen molar-refractivity contribution in [2.45, 2.75) is 34.2 Å². The van der Waals surface area contributed by atoms with E-state index in [1.165, 1.54) is 0 Å². The number of rotatable bonds is 7. The highest BCUT2D eigenvalue weighted by molar-refractivity contribution is 5.99. The lowest BCUT2D eigenvalue weighted by molar-refractivity contribution is -0.129. The molecule has 0 aliphatic rings. The highest BCUT2D eigenvalue weighted by Gasteiger charge is 2.19. The quantitative estimate of drug-likeness (QED) is 0.719. The Balaban J connectivity index is 2.82. The molecule has 0 fully saturated rings. The van der Waals surface area contributed by atoms with Gasteiger partial charge >= 0.3 is 0 Å². The number of carbonyl (C=O) groups is 2. The monoisotopic (exact) mass is 293 g/mol. The average molecular weight is 293 g/mol. The predicted molar refractivity (Wildman–Crippen MR) is 84.7 cm³/mol. The van der Waals surface area contributed by atoms with Crippen molar-refractivity contribution in [2.75, 3.05) is 33.7 Å². The Bertz CT molecular complexity index is 518. The second-order valence-electron chi connectivity index (χ2n) is 5.54. The van der Waals surface area contributed by atoms with Gasteiger partial charge in [-0.05, 0) is 33.4 Å². The normalized spacial score (nSPS) is 11.0. The summed E-state index contributed by atoms with van der Waals surface area (Å²) in [7, 11) is 3.46. The van der Waals surface area contributed by atoms with E-state index in [4.69, 9.17) is 0 Å². The van der Waals surface area contributed by atoms with E-state index in [0.717, 1.165) is 23.5 Å². The molecule has 0 spiro atoms. The van der Waals surface area contributed by atoms with Gasteiger partial charge in [-0.2, -0.15) is 0 Å². The van der Waals surface area contributed by atoms with Gasteiger partial charge in [-0.3, -0.25) is 14.5 Å². The van der Waals surface area contributed by atoms with E-state index in [9.17, 15) is 9.59 Å². The van der Waals surface area contributed by atoms with Gasteiger partial charge in [0.05, 0.1) is 13.1 Å². The number of nitrogens with zero attached hydrogens (tertiary/aromatic N) is 3. The summed E-state index contributed by atoms with van der Waals surface area (Å²) in [5, 5.41) is 0. The molecule has 0 unspecified atom stereocenters. The van der Waals surface area contributed by atoms with E-state index in [2.05, 4.69) is 11.5 Å². The summed E-state index contributed by atoms with van der Waals surface area (Å²) in [6.07, 6.45) is 0. The highest BCUT2D eigenvalue weighted by Crippen LogP contribution is 2.16. The van der Waals surface area contributed by atoms with Crippen LogP contribution in [0.5, 0.6) is 0 Å². The third kappa shape index (κ3) is 4.17. The van der Waals surface area contributed by atoms with Gasteiger partial charge in [0.15, 0.2) is 5.78 Å². The first-order valence-corrected chi connectivity index (χ1v) is 7.44. The smallest absolute Gasteiger partial charge is 0.236 e. The van der Waals surface area contributed by atoms with Crippen LogP contribution in [0.1, 0.15) is 35.6 Å². The number of hydrogen-bond donors (Lipinski definition) is 0. The van der Waals surface area contributed by atoms with Gasteiger partial charge in [0, 0.05) is 37.6 Å². The highest BCUT2D eigenvalue weighted by atomic mass is 16.2. The predicted octanol–water partition coefficient (Wildman–Crippen LogP) is 1.72. The van der Waals surface area contributed by atoms with Crippen molar-refractivity contribution in [2.24, 2.45) is 0 Å². The maximum absolute atomic E-state index is 12.5. The molecule has 0 atom stereocenters. The summed E-state index contributed by atoms with van der Waals surface area (Å²) >= 11 is 0. The Morgan fingerprint density at radius 1 is 1.14 bits per heavy atom. The lowest BCUT2D eigenvalue weighted by atomic mass is 10.1. The van der Waals surface area contributed by atoms with Crippen molar-refractivity contribution in [1.82, 2.24) is 14.4 Å². The van der Waals surface area contributed by atoms with E-state index in [0.29, 0.717) is 6.54 Å². The third-order valence-electron chi connectivity index (χ3n) is 3.86. The van der Waals surface area contributed by atoms with Crippen LogP contribution in [0.15, 0.2) is 6.07 Å². The third-order valence-corrected chi connectivity index (χ3v) is 3.86. The van der Waals surface area contributed by atoms with Crippen LogP contribution in [0, 0.1) is 13.8 Å². The molecule has 0 aliphatic heterocycles. The average Bonchev–Trinajstić information content (AvgIpc) is 2.72. The summed E-state index contributed by atoms with van der Waals surface area (Å²) in [6, 6.07) is 1.95. The van der Waals surface area contributed by atoms with Gasteiger partial charge in [0.2, 0.25) is 5.91 Å². The van der Waals surface area contributed by atoms with Crippen molar-refractivity contribution in [3.63, 3.8) is 0 Å². The van der Waals surface area contributed by atoms with E-state index in [-0.39, 0.29) is 24.8 Å². The van der Waals surface area contributed by atoms with Gasteiger partial charge in [-0.1, -0.05) is 6.92 Å². The molecule has 1 aromatic heterocycles. The van der Waals surface area contributed by atoms with Gasteiger partial charge in [-0.15, -0.1) is 0 Å². The van der Waals surface area contributed by atoms with Crippen LogP contribution >= 0.6 is 0 Å². The maximum atomic E-state index is 12.5. The molecule has 5 nitrogen and oxygen atoms in total. The van der Waals surface area contributed by atoms with E-state index in [1.54, 1.807) is 19.0 Å². The molecular formula is C16H27N3O2. The van der Waals surface area contributed by atoms with Gasteiger partial charge in [-0.25, -0.2) is 0 Å². The van der Waals surface area contributed by atoms with Gasteiger partial charge in [0.25, 0.3) is 0 Å². The summed E-state index contributed by atoms with van der Waals surface area (Å²) in [6.45, 7) is 10.1.